The number of carbonyl (C=O) groups excluding carboxylic acids is 1. The van der Waals surface area contributed by atoms with Crippen molar-refractivity contribution in [1.29, 1.82) is 0 Å². The van der Waals surface area contributed by atoms with E-state index in [9.17, 15) is 18.0 Å². The number of likely N-dealkylation sites (tertiary alicyclic amines) is 1. The first-order chi connectivity index (χ1) is 11.7. The zero-order valence-corrected chi connectivity index (χ0v) is 15.3. The van der Waals surface area contributed by atoms with Crippen molar-refractivity contribution in [1.82, 2.24) is 14.5 Å². The third-order valence-electron chi connectivity index (χ3n) is 4.67. The highest BCUT2D eigenvalue weighted by Gasteiger charge is 2.34. The van der Waals surface area contributed by atoms with Crippen LogP contribution < -0.4 is 5.43 Å². The number of amides is 1. The molecule has 1 atom stereocenters. The van der Waals surface area contributed by atoms with Crippen LogP contribution in [0.15, 0.2) is 23.1 Å². The summed E-state index contributed by atoms with van der Waals surface area (Å²) in [5, 5.41) is -0.160. The van der Waals surface area contributed by atoms with Gasteiger partial charge in [-0.15, -0.1) is 0 Å². The van der Waals surface area contributed by atoms with Gasteiger partial charge in [-0.05, 0) is 32.4 Å². The smallest absolute Gasteiger partial charge is 0.259 e. The van der Waals surface area contributed by atoms with Crippen molar-refractivity contribution in [3.05, 3.63) is 39.8 Å². The monoisotopic (exact) mass is 363 g/mol. The van der Waals surface area contributed by atoms with Gasteiger partial charge in [-0.2, -0.15) is 0 Å². The molecular formula is C17H21N3O4S. The lowest BCUT2D eigenvalue weighted by Crippen LogP contribution is -2.35. The van der Waals surface area contributed by atoms with E-state index < -0.39 is 21.0 Å². The largest absolute Gasteiger partial charge is 0.337 e. The highest BCUT2D eigenvalue weighted by atomic mass is 32.2. The molecule has 7 nitrogen and oxygen atoms in total. The summed E-state index contributed by atoms with van der Waals surface area (Å²) in [7, 11) is -3.20. The molecule has 1 fully saturated rings. The summed E-state index contributed by atoms with van der Waals surface area (Å²) >= 11 is 0. The van der Waals surface area contributed by atoms with Crippen LogP contribution in [0.25, 0.3) is 11.0 Å². The van der Waals surface area contributed by atoms with Crippen LogP contribution >= 0.6 is 0 Å². The molecule has 8 heteroatoms. The second-order valence-corrected chi connectivity index (χ2v) is 8.80. The summed E-state index contributed by atoms with van der Waals surface area (Å²) < 4.78 is 25.2. The van der Waals surface area contributed by atoms with Crippen LogP contribution in [0.2, 0.25) is 0 Å². The van der Waals surface area contributed by atoms with Crippen LogP contribution in [-0.4, -0.2) is 53.4 Å². The standard InChI is InChI=1S/C17H21N3O4S/c1-4-19-10-14(15(21)13-6-5-11(2)18-16(13)19)17(22)20-8-7-12(9-20)25(3,23)24/h5-6,10,12H,4,7-9H2,1-3H3. The van der Waals surface area contributed by atoms with Gasteiger partial charge in [0, 0.05) is 37.8 Å². The average Bonchev–Trinajstić information content (AvgIpc) is 3.05. The van der Waals surface area contributed by atoms with Gasteiger partial charge in [-0.3, -0.25) is 9.59 Å². The first-order valence-electron chi connectivity index (χ1n) is 8.21. The Labute approximate surface area is 146 Å². The number of aromatic nitrogens is 2. The van der Waals surface area contributed by atoms with E-state index in [0.29, 0.717) is 30.5 Å². The second kappa shape index (κ2) is 6.25. The van der Waals surface area contributed by atoms with Crippen molar-refractivity contribution in [3.8, 4) is 0 Å². The topological polar surface area (TPSA) is 89.3 Å². The molecule has 0 N–H and O–H groups in total. The van der Waals surface area contributed by atoms with Crippen LogP contribution in [0.4, 0.5) is 0 Å². The van der Waals surface area contributed by atoms with E-state index in [2.05, 4.69) is 4.98 Å². The van der Waals surface area contributed by atoms with Crippen molar-refractivity contribution in [3.63, 3.8) is 0 Å². The molecular weight excluding hydrogens is 342 g/mol. The zero-order chi connectivity index (χ0) is 18.4. The molecule has 0 aliphatic carbocycles. The van der Waals surface area contributed by atoms with Crippen LogP contribution in [-0.2, 0) is 16.4 Å². The molecule has 2 aromatic heterocycles. The molecule has 1 aliphatic heterocycles. The van der Waals surface area contributed by atoms with Gasteiger partial charge in [0.15, 0.2) is 9.84 Å². The van der Waals surface area contributed by atoms with Crippen molar-refractivity contribution in [2.24, 2.45) is 0 Å². The number of sulfone groups is 1. The number of hydrogen-bond donors (Lipinski definition) is 0. The van der Waals surface area contributed by atoms with Crippen LogP contribution in [0.1, 0.15) is 29.4 Å². The number of carbonyl (C=O) groups is 1. The number of hydrogen-bond acceptors (Lipinski definition) is 5. The molecule has 25 heavy (non-hydrogen) atoms. The van der Waals surface area contributed by atoms with E-state index in [1.165, 1.54) is 17.4 Å². The molecule has 134 valence electrons. The number of nitrogens with zero attached hydrogens (tertiary/aromatic N) is 3. The summed E-state index contributed by atoms with van der Waals surface area (Å²) in [6.07, 6.45) is 3.12. The van der Waals surface area contributed by atoms with Gasteiger partial charge in [0.05, 0.1) is 10.6 Å². The molecule has 1 aliphatic rings. The van der Waals surface area contributed by atoms with E-state index in [4.69, 9.17) is 0 Å². The Morgan fingerprint density at radius 1 is 1.36 bits per heavy atom. The van der Waals surface area contributed by atoms with Gasteiger partial charge >= 0.3 is 0 Å². The van der Waals surface area contributed by atoms with Crippen molar-refractivity contribution >= 4 is 26.8 Å². The average molecular weight is 363 g/mol. The van der Waals surface area contributed by atoms with E-state index in [1.54, 1.807) is 16.7 Å². The lowest BCUT2D eigenvalue weighted by atomic mass is 10.1. The van der Waals surface area contributed by atoms with E-state index >= 15 is 0 Å². The van der Waals surface area contributed by atoms with Gasteiger partial charge in [-0.1, -0.05) is 0 Å². The SMILES string of the molecule is CCn1cc(C(=O)N2CCC(S(C)(=O)=O)C2)c(=O)c2ccc(C)nc21. The quantitative estimate of drug-likeness (QED) is 0.811. The first kappa shape index (κ1) is 17.6. The van der Waals surface area contributed by atoms with Crippen LogP contribution in [0.3, 0.4) is 0 Å². The molecule has 0 radical (unpaired) electrons. The lowest BCUT2D eigenvalue weighted by molar-refractivity contribution is 0.0791. The highest BCUT2D eigenvalue weighted by Crippen LogP contribution is 2.19. The molecule has 0 spiro atoms. The van der Waals surface area contributed by atoms with Gasteiger partial charge in [0.25, 0.3) is 5.91 Å². The second-order valence-electron chi connectivity index (χ2n) is 6.47. The number of fused-ring (bicyclic) bond motifs is 1. The summed E-state index contributed by atoms with van der Waals surface area (Å²) in [6.45, 7) is 4.80. The Hall–Kier alpha value is -2.22. The molecule has 0 aromatic carbocycles. The van der Waals surface area contributed by atoms with Crippen molar-refractivity contribution < 1.29 is 13.2 Å². The summed E-state index contributed by atoms with van der Waals surface area (Å²) in [6, 6.07) is 3.43. The number of pyridine rings is 2. The molecule has 1 amide bonds. The number of rotatable bonds is 3. The minimum absolute atomic E-state index is 0.0640. The predicted octanol–water partition coefficient (Wildman–Crippen LogP) is 0.984. The third kappa shape index (κ3) is 3.18. The fourth-order valence-corrected chi connectivity index (χ4v) is 4.17. The maximum Gasteiger partial charge on any atom is 0.259 e. The van der Waals surface area contributed by atoms with Gasteiger partial charge in [-0.25, -0.2) is 13.4 Å². The molecule has 0 bridgehead atoms. The zero-order valence-electron chi connectivity index (χ0n) is 14.5. The predicted molar refractivity (Wildman–Crippen MR) is 95.6 cm³/mol. The van der Waals surface area contributed by atoms with Crippen molar-refractivity contribution in [2.45, 2.75) is 32.1 Å². The Morgan fingerprint density at radius 2 is 2.08 bits per heavy atom. The van der Waals surface area contributed by atoms with Crippen LogP contribution in [0.5, 0.6) is 0 Å². The molecule has 3 rings (SSSR count). The van der Waals surface area contributed by atoms with Crippen molar-refractivity contribution in [2.75, 3.05) is 19.3 Å². The molecule has 1 unspecified atom stereocenters. The van der Waals surface area contributed by atoms with E-state index in [-0.39, 0.29) is 17.5 Å². The summed E-state index contributed by atoms with van der Waals surface area (Å²) in [4.78, 5) is 31.4. The Bertz CT molecular complexity index is 1010. The fraction of sp³-hybridized carbons (Fsp3) is 0.471. The minimum atomic E-state index is -3.20. The first-order valence-corrected chi connectivity index (χ1v) is 10.2. The van der Waals surface area contributed by atoms with Gasteiger partial charge in [0.2, 0.25) is 5.43 Å². The van der Waals surface area contributed by atoms with E-state index in [0.717, 1.165) is 5.69 Å². The summed E-state index contributed by atoms with van der Waals surface area (Å²) in [5.74, 6) is -0.416. The normalized spacial score (nSPS) is 18.0. The lowest BCUT2D eigenvalue weighted by Gasteiger charge is -2.17. The maximum absolute atomic E-state index is 12.8. The molecule has 1 saturated heterocycles. The van der Waals surface area contributed by atoms with Gasteiger partial charge < -0.3 is 9.47 Å². The Morgan fingerprint density at radius 3 is 2.68 bits per heavy atom. The Kier molecular flexibility index (Phi) is 4.40. The minimum Gasteiger partial charge on any atom is -0.337 e. The Balaban J connectivity index is 2.04. The van der Waals surface area contributed by atoms with E-state index in [1.807, 2.05) is 13.8 Å². The molecule has 0 saturated carbocycles. The summed E-state index contributed by atoms with van der Waals surface area (Å²) in [5.41, 5.74) is 1.05. The number of aryl methyl sites for hydroxylation is 2. The highest BCUT2D eigenvalue weighted by molar-refractivity contribution is 7.91. The fourth-order valence-electron chi connectivity index (χ4n) is 3.19. The van der Waals surface area contributed by atoms with Crippen LogP contribution in [0, 0.1) is 6.92 Å². The maximum atomic E-state index is 12.8. The van der Waals surface area contributed by atoms with Gasteiger partial charge in [0.1, 0.15) is 11.2 Å². The molecule has 2 aromatic rings. The molecule has 3 heterocycles. The third-order valence-corrected chi connectivity index (χ3v) is 6.27.